The van der Waals surface area contributed by atoms with Crippen molar-refractivity contribution in [1.29, 1.82) is 0 Å². The number of hydrogen-bond acceptors (Lipinski definition) is 2. The van der Waals surface area contributed by atoms with Crippen molar-refractivity contribution in [3.8, 4) is 0 Å². The van der Waals surface area contributed by atoms with E-state index >= 15 is 0 Å². The molecule has 3 nitrogen and oxygen atoms in total. The van der Waals surface area contributed by atoms with Gasteiger partial charge in [-0.15, -0.1) is 0 Å². The molecule has 0 N–H and O–H groups in total. The molecule has 2 radical (unpaired) electrons. The van der Waals surface area contributed by atoms with Gasteiger partial charge >= 0.3 is 27.3 Å². The number of carboxylic acids is 1. The Hall–Kier alpha value is 0.352. The molecule has 0 aromatic carbocycles. The van der Waals surface area contributed by atoms with Crippen molar-refractivity contribution < 1.29 is 14.4 Å². The molecule has 0 aliphatic heterocycles. The Bertz CT molecular complexity index is 97.6. The standard InChI is InChI=1S/C5H11NO2.Pb.2H/c1-6(2,3)4-5(7)8;;;/h4H2,1-3H3;;;. The topological polar surface area (TPSA) is 40.1 Å². The number of nitrogens with zero attached hydrogens (tertiary/aromatic N) is 1. The van der Waals surface area contributed by atoms with Gasteiger partial charge in [-0.3, -0.25) is 0 Å². The molecule has 0 aliphatic carbocycles. The molecule has 0 saturated carbocycles. The normalized spacial score (nSPS) is 10.1. The van der Waals surface area contributed by atoms with Crippen LogP contribution < -0.4 is 5.11 Å². The quantitative estimate of drug-likeness (QED) is 0.417. The zero-order valence-electron chi connectivity index (χ0n) is 6.18. The van der Waals surface area contributed by atoms with Gasteiger partial charge in [-0.05, 0) is 0 Å². The monoisotopic (exact) mass is 327 g/mol. The van der Waals surface area contributed by atoms with Gasteiger partial charge in [0.1, 0.15) is 6.54 Å². The van der Waals surface area contributed by atoms with Crippen LogP contribution in [-0.2, 0) is 4.79 Å². The fourth-order valence-electron chi connectivity index (χ4n) is 0.387. The predicted octanol–water partition coefficient (Wildman–Crippen LogP) is -2.47. The summed E-state index contributed by atoms with van der Waals surface area (Å²) in [7, 11) is 5.40. The third kappa shape index (κ3) is 11.8. The van der Waals surface area contributed by atoms with Crippen molar-refractivity contribution in [2.45, 2.75) is 0 Å². The van der Waals surface area contributed by atoms with Crippen molar-refractivity contribution >= 4 is 33.3 Å². The van der Waals surface area contributed by atoms with Gasteiger partial charge < -0.3 is 14.4 Å². The Morgan fingerprint density at radius 2 is 1.78 bits per heavy atom. The molecule has 0 amide bonds. The second-order valence-electron chi connectivity index (χ2n) is 2.82. The number of carboxylic acid groups (broad SMARTS) is 1. The van der Waals surface area contributed by atoms with E-state index in [9.17, 15) is 9.90 Å². The van der Waals surface area contributed by atoms with E-state index in [1.807, 2.05) is 0 Å². The van der Waals surface area contributed by atoms with E-state index in [-0.39, 0.29) is 33.8 Å². The second kappa shape index (κ2) is 4.21. The first-order valence-electron chi connectivity index (χ1n) is 2.42. The zero-order valence-corrected chi connectivity index (χ0v) is 11.7. The fraction of sp³-hybridized carbons (Fsp3) is 0.800. The van der Waals surface area contributed by atoms with Gasteiger partial charge in [-0.25, -0.2) is 0 Å². The molecule has 0 heterocycles. The first-order chi connectivity index (χ1) is 3.42. The number of carbonyl (C=O) groups excluding carboxylic acids is 1. The van der Waals surface area contributed by atoms with E-state index in [0.29, 0.717) is 4.48 Å². The Balaban J connectivity index is 0. The molecule has 0 atom stereocenters. The van der Waals surface area contributed by atoms with Crippen LogP contribution in [-0.4, -0.2) is 65.4 Å². The number of hydrogen-bond donors (Lipinski definition) is 0. The molecule has 0 unspecified atom stereocenters. The van der Waals surface area contributed by atoms with Crippen LogP contribution in [0.3, 0.4) is 0 Å². The average Bonchev–Trinajstić information content (AvgIpc) is 1.21. The van der Waals surface area contributed by atoms with Crippen LogP contribution in [0.15, 0.2) is 0 Å². The Kier molecular flexibility index (Phi) is 5.65. The fourth-order valence-corrected chi connectivity index (χ4v) is 0.387. The molecule has 54 valence electrons. The molecule has 0 fully saturated rings. The third-order valence-corrected chi connectivity index (χ3v) is 0.603. The molecule has 4 heteroatoms. The summed E-state index contributed by atoms with van der Waals surface area (Å²) in [6.07, 6.45) is 0. The molecule has 0 saturated heterocycles. The van der Waals surface area contributed by atoms with E-state index in [1.54, 1.807) is 21.1 Å². The predicted molar refractivity (Wildman–Crippen MR) is 36.5 cm³/mol. The van der Waals surface area contributed by atoms with Crippen LogP contribution in [0.25, 0.3) is 0 Å². The second-order valence-corrected chi connectivity index (χ2v) is 2.82. The van der Waals surface area contributed by atoms with Crippen LogP contribution >= 0.6 is 0 Å². The molecule has 0 spiro atoms. The van der Waals surface area contributed by atoms with Crippen molar-refractivity contribution in [2.75, 3.05) is 27.7 Å². The van der Waals surface area contributed by atoms with Gasteiger partial charge in [-0.2, -0.15) is 0 Å². The van der Waals surface area contributed by atoms with Gasteiger partial charge in [0.05, 0.1) is 27.1 Å². The van der Waals surface area contributed by atoms with Crippen LogP contribution in [0.1, 0.15) is 0 Å². The summed E-state index contributed by atoms with van der Waals surface area (Å²) < 4.78 is 0.419. The molecule has 0 aromatic rings. The minimum absolute atomic E-state index is 0. The molecular formula is C5H13NO2Pb. The van der Waals surface area contributed by atoms with E-state index in [1.165, 1.54) is 0 Å². The van der Waals surface area contributed by atoms with E-state index in [4.69, 9.17) is 0 Å². The van der Waals surface area contributed by atoms with Gasteiger partial charge in [0.25, 0.3) is 0 Å². The van der Waals surface area contributed by atoms with Crippen LogP contribution in [0.5, 0.6) is 0 Å². The van der Waals surface area contributed by atoms with E-state index in [2.05, 4.69) is 0 Å². The summed E-state index contributed by atoms with van der Waals surface area (Å²) in [6, 6.07) is 0. The van der Waals surface area contributed by atoms with Gasteiger partial charge in [0.15, 0.2) is 0 Å². The minimum atomic E-state index is -1.00. The molecule has 0 aliphatic rings. The average molecular weight is 326 g/mol. The van der Waals surface area contributed by atoms with Crippen LogP contribution in [0.2, 0.25) is 0 Å². The number of carbonyl (C=O) groups is 1. The van der Waals surface area contributed by atoms with Crippen LogP contribution in [0.4, 0.5) is 0 Å². The first-order valence-corrected chi connectivity index (χ1v) is 2.42. The zero-order chi connectivity index (χ0) is 6.78. The number of aliphatic carboxylic acids is 1. The SMILES string of the molecule is C[N+](C)(C)CC(=O)[O-].[PbH2]. The summed E-state index contributed by atoms with van der Waals surface area (Å²) in [5, 5.41) is 9.89. The molecule has 0 rings (SSSR count). The third-order valence-electron chi connectivity index (χ3n) is 0.603. The number of likely N-dealkylation sites (N-methyl/N-ethyl adjacent to an activating group) is 1. The Labute approximate surface area is 75.4 Å². The maximum atomic E-state index is 9.89. The Morgan fingerprint density at radius 1 is 1.44 bits per heavy atom. The van der Waals surface area contributed by atoms with Crippen molar-refractivity contribution in [2.24, 2.45) is 0 Å². The number of quaternary nitrogens is 1. The van der Waals surface area contributed by atoms with Gasteiger partial charge in [0, 0.05) is 0 Å². The van der Waals surface area contributed by atoms with E-state index < -0.39 is 5.97 Å². The summed E-state index contributed by atoms with van der Waals surface area (Å²) in [5.74, 6) is -1.00. The van der Waals surface area contributed by atoms with E-state index in [0.717, 1.165) is 0 Å². The molecule has 0 aromatic heterocycles. The Morgan fingerprint density at radius 3 is 1.78 bits per heavy atom. The summed E-state index contributed by atoms with van der Waals surface area (Å²) in [6.45, 7) is 0.0694. The van der Waals surface area contributed by atoms with Crippen LogP contribution in [0, 0.1) is 0 Å². The van der Waals surface area contributed by atoms with Crippen molar-refractivity contribution in [1.82, 2.24) is 0 Å². The van der Waals surface area contributed by atoms with Crippen molar-refractivity contribution in [3.05, 3.63) is 0 Å². The molecule has 0 bridgehead atoms. The van der Waals surface area contributed by atoms with Gasteiger partial charge in [-0.1, -0.05) is 0 Å². The summed E-state index contributed by atoms with van der Waals surface area (Å²) in [5.41, 5.74) is 0. The number of rotatable bonds is 2. The summed E-state index contributed by atoms with van der Waals surface area (Å²) in [4.78, 5) is 9.89. The summed E-state index contributed by atoms with van der Waals surface area (Å²) >= 11 is 0. The van der Waals surface area contributed by atoms with Gasteiger partial charge in [0.2, 0.25) is 0 Å². The molecular weight excluding hydrogens is 313 g/mol. The van der Waals surface area contributed by atoms with Crippen molar-refractivity contribution in [3.63, 3.8) is 0 Å². The molecule has 9 heavy (non-hydrogen) atoms. The first kappa shape index (κ1) is 12.1. The maximum absolute atomic E-state index is 9.89.